The topological polar surface area (TPSA) is 38.1 Å². The highest BCUT2D eigenvalue weighted by atomic mass is 32.1. The van der Waals surface area contributed by atoms with Crippen LogP contribution in [0.1, 0.15) is 48.9 Å². The molecule has 3 rings (SSSR count). The van der Waals surface area contributed by atoms with Gasteiger partial charge < -0.3 is 9.73 Å². The van der Waals surface area contributed by atoms with Crippen molar-refractivity contribution in [1.82, 2.24) is 10.3 Å². The van der Waals surface area contributed by atoms with Crippen LogP contribution in [0, 0.1) is 6.92 Å². The summed E-state index contributed by atoms with van der Waals surface area (Å²) in [7, 11) is 0. The molecule has 2 aromatic heterocycles. The lowest BCUT2D eigenvalue weighted by atomic mass is 9.91. The molecule has 0 aromatic carbocycles. The zero-order valence-corrected chi connectivity index (χ0v) is 13.2. The average molecular weight is 290 g/mol. The third-order valence-corrected chi connectivity index (χ3v) is 5.10. The van der Waals surface area contributed by atoms with Gasteiger partial charge in [-0.2, -0.15) is 0 Å². The third-order valence-electron chi connectivity index (χ3n) is 3.93. The summed E-state index contributed by atoms with van der Waals surface area (Å²) in [6, 6.07) is 2.57. The standard InChI is InChI=1S/C16H22N2OS/c1-10(2)17-9-12-5-4-6-14-15(12)18-16(20-14)13-7-8-19-11(13)3/h7-8,10,12,17H,4-6,9H2,1-3H3. The molecule has 2 aromatic rings. The van der Waals surface area contributed by atoms with E-state index in [2.05, 4.69) is 19.2 Å². The van der Waals surface area contributed by atoms with Crippen LogP contribution in [-0.2, 0) is 6.42 Å². The zero-order valence-electron chi connectivity index (χ0n) is 12.4. The number of aromatic nitrogens is 1. The first-order valence-corrected chi connectivity index (χ1v) is 8.24. The van der Waals surface area contributed by atoms with Crippen molar-refractivity contribution >= 4 is 11.3 Å². The van der Waals surface area contributed by atoms with Gasteiger partial charge in [0, 0.05) is 23.4 Å². The number of nitrogens with one attached hydrogen (secondary N) is 1. The Balaban J connectivity index is 1.87. The van der Waals surface area contributed by atoms with Crippen molar-refractivity contribution in [3.05, 3.63) is 28.7 Å². The first-order valence-electron chi connectivity index (χ1n) is 7.42. The smallest absolute Gasteiger partial charge is 0.127 e. The fraction of sp³-hybridized carbons (Fsp3) is 0.562. The van der Waals surface area contributed by atoms with Crippen LogP contribution in [0.4, 0.5) is 0 Å². The van der Waals surface area contributed by atoms with Gasteiger partial charge in [0.2, 0.25) is 0 Å². The van der Waals surface area contributed by atoms with Crippen LogP contribution in [0.15, 0.2) is 16.7 Å². The van der Waals surface area contributed by atoms with E-state index >= 15 is 0 Å². The summed E-state index contributed by atoms with van der Waals surface area (Å²) in [5, 5.41) is 4.68. The van der Waals surface area contributed by atoms with Crippen molar-refractivity contribution in [2.75, 3.05) is 6.54 Å². The lowest BCUT2D eigenvalue weighted by Gasteiger charge is -2.22. The Kier molecular flexibility index (Phi) is 3.94. The lowest BCUT2D eigenvalue weighted by molar-refractivity contribution is 0.475. The quantitative estimate of drug-likeness (QED) is 0.920. The highest BCUT2D eigenvalue weighted by molar-refractivity contribution is 7.15. The molecule has 0 bridgehead atoms. The Morgan fingerprint density at radius 3 is 3.05 bits per heavy atom. The Labute approximate surface area is 124 Å². The molecule has 1 atom stereocenters. The number of rotatable bonds is 4. The van der Waals surface area contributed by atoms with Crippen LogP contribution in [0.2, 0.25) is 0 Å². The first kappa shape index (κ1) is 13.8. The van der Waals surface area contributed by atoms with Gasteiger partial charge in [-0.15, -0.1) is 11.3 Å². The summed E-state index contributed by atoms with van der Waals surface area (Å²) < 4.78 is 5.41. The molecular weight excluding hydrogens is 268 g/mol. The summed E-state index contributed by atoms with van der Waals surface area (Å²) >= 11 is 1.85. The normalized spacial score (nSPS) is 18.5. The highest BCUT2D eigenvalue weighted by Crippen LogP contribution is 2.38. The average Bonchev–Trinajstić information content (AvgIpc) is 3.01. The number of hydrogen-bond acceptors (Lipinski definition) is 4. The van der Waals surface area contributed by atoms with Crippen molar-refractivity contribution in [2.24, 2.45) is 0 Å². The van der Waals surface area contributed by atoms with Gasteiger partial charge >= 0.3 is 0 Å². The molecule has 4 heteroatoms. The Morgan fingerprint density at radius 2 is 2.35 bits per heavy atom. The molecule has 3 nitrogen and oxygen atoms in total. The minimum absolute atomic E-state index is 0.537. The second-order valence-corrected chi connectivity index (χ2v) is 6.95. The van der Waals surface area contributed by atoms with E-state index in [0.717, 1.165) is 22.9 Å². The number of thiazole rings is 1. The number of hydrogen-bond donors (Lipinski definition) is 1. The van der Waals surface area contributed by atoms with Crippen molar-refractivity contribution in [3.63, 3.8) is 0 Å². The highest BCUT2D eigenvalue weighted by Gasteiger charge is 2.25. The van der Waals surface area contributed by atoms with Gasteiger partial charge in [-0.3, -0.25) is 0 Å². The summed E-state index contributed by atoms with van der Waals surface area (Å²) in [6.07, 6.45) is 5.47. The van der Waals surface area contributed by atoms with E-state index in [4.69, 9.17) is 9.40 Å². The van der Waals surface area contributed by atoms with Crippen LogP contribution in [0.5, 0.6) is 0 Å². The predicted molar refractivity (Wildman–Crippen MR) is 83.4 cm³/mol. The van der Waals surface area contributed by atoms with E-state index < -0.39 is 0 Å². The van der Waals surface area contributed by atoms with Gasteiger partial charge in [0.15, 0.2) is 0 Å². The number of nitrogens with zero attached hydrogens (tertiary/aromatic N) is 1. The van der Waals surface area contributed by atoms with Gasteiger partial charge in [0.05, 0.1) is 17.5 Å². The summed E-state index contributed by atoms with van der Waals surface area (Å²) in [5.74, 6) is 1.53. The number of furan rings is 1. The van der Waals surface area contributed by atoms with E-state index in [0.29, 0.717) is 12.0 Å². The van der Waals surface area contributed by atoms with E-state index in [1.54, 1.807) is 6.26 Å². The SMILES string of the molecule is Cc1occc1-c1nc2c(s1)CCCC2CNC(C)C. The third kappa shape index (κ3) is 2.67. The fourth-order valence-corrected chi connectivity index (χ4v) is 4.07. The second-order valence-electron chi connectivity index (χ2n) is 5.87. The molecule has 0 radical (unpaired) electrons. The molecule has 2 heterocycles. The molecule has 0 saturated heterocycles. The van der Waals surface area contributed by atoms with Crippen LogP contribution in [0.3, 0.4) is 0 Å². The number of fused-ring (bicyclic) bond motifs is 1. The fourth-order valence-electron chi connectivity index (χ4n) is 2.81. The monoisotopic (exact) mass is 290 g/mol. The first-order chi connectivity index (χ1) is 9.65. The summed E-state index contributed by atoms with van der Waals surface area (Å²) in [4.78, 5) is 6.41. The van der Waals surface area contributed by atoms with E-state index in [9.17, 15) is 0 Å². The van der Waals surface area contributed by atoms with Crippen LogP contribution < -0.4 is 5.32 Å². The minimum atomic E-state index is 0.537. The molecule has 1 unspecified atom stereocenters. The maximum absolute atomic E-state index is 5.41. The minimum Gasteiger partial charge on any atom is -0.469 e. The molecule has 0 aliphatic heterocycles. The second kappa shape index (κ2) is 5.70. The molecule has 0 fully saturated rings. The lowest BCUT2D eigenvalue weighted by Crippen LogP contribution is -2.29. The molecule has 0 spiro atoms. The van der Waals surface area contributed by atoms with Crippen LogP contribution in [-0.4, -0.2) is 17.6 Å². The maximum atomic E-state index is 5.41. The molecule has 0 amide bonds. The van der Waals surface area contributed by atoms with Gasteiger partial charge in [0.25, 0.3) is 0 Å². The van der Waals surface area contributed by atoms with Gasteiger partial charge in [-0.25, -0.2) is 4.98 Å². The number of aryl methyl sites for hydroxylation is 2. The van der Waals surface area contributed by atoms with Crippen molar-refractivity contribution < 1.29 is 4.42 Å². The van der Waals surface area contributed by atoms with E-state index in [1.165, 1.54) is 29.8 Å². The molecule has 1 aliphatic rings. The van der Waals surface area contributed by atoms with Crippen molar-refractivity contribution in [3.8, 4) is 10.6 Å². The Bertz CT molecular complexity index is 585. The van der Waals surface area contributed by atoms with Gasteiger partial charge in [-0.05, 0) is 32.3 Å². The van der Waals surface area contributed by atoms with Gasteiger partial charge in [-0.1, -0.05) is 13.8 Å². The molecule has 1 aliphatic carbocycles. The van der Waals surface area contributed by atoms with Crippen LogP contribution >= 0.6 is 11.3 Å². The predicted octanol–water partition coefficient (Wildman–Crippen LogP) is 4.13. The van der Waals surface area contributed by atoms with E-state index in [1.807, 2.05) is 24.3 Å². The molecule has 1 N–H and O–H groups in total. The molecule has 20 heavy (non-hydrogen) atoms. The van der Waals surface area contributed by atoms with Crippen molar-refractivity contribution in [1.29, 1.82) is 0 Å². The Morgan fingerprint density at radius 1 is 1.50 bits per heavy atom. The maximum Gasteiger partial charge on any atom is 0.127 e. The molecule has 0 saturated carbocycles. The van der Waals surface area contributed by atoms with Gasteiger partial charge in [0.1, 0.15) is 10.8 Å². The largest absolute Gasteiger partial charge is 0.469 e. The van der Waals surface area contributed by atoms with Crippen molar-refractivity contribution in [2.45, 2.75) is 52.0 Å². The van der Waals surface area contributed by atoms with E-state index in [-0.39, 0.29) is 0 Å². The zero-order chi connectivity index (χ0) is 14.1. The molecular formula is C16H22N2OS. The summed E-state index contributed by atoms with van der Waals surface area (Å²) in [6.45, 7) is 7.45. The summed E-state index contributed by atoms with van der Waals surface area (Å²) in [5.41, 5.74) is 2.48. The Hall–Kier alpha value is -1.13. The van der Waals surface area contributed by atoms with Crippen LogP contribution in [0.25, 0.3) is 10.6 Å². The molecule has 108 valence electrons.